The molecule has 0 unspecified atom stereocenters. The fraction of sp³-hybridized carbons (Fsp3) is 0.435. The standard InChI is InChI=1S/C23H30ClN3O4S/c1-3-22(27(32(2,29)30)21-10-8-20(24)9-11-21)23(28)25-16-18-4-6-19(7-5-18)17-26-12-14-31-15-13-26/h4-11,22H,3,12-17H2,1-2H3,(H,25,28)/t22-/m0/s1. The van der Waals surface area contributed by atoms with Gasteiger partial charge in [0.05, 0.1) is 25.2 Å². The third kappa shape index (κ3) is 6.68. The highest BCUT2D eigenvalue weighted by atomic mass is 35.5. The van der Waals surface area contributed by atoms with Crippen molar-refractivity contribution in [2.45, 2.75) is 32.5 Å². The number of hydrogen-bond donors (Lipinski definition) is 1. The quantitative estimate of drug-likeness (QED) is 0.598. The number of anilines is 1. The van der Waals surface area contributed by atoms with E-state index in [4.69, 9.17) is 16.3 Å². The Morgan fingerprint density at radius 3 is 2.25 bits per heavy atom. The third-order valence-corrected chi connectivity index (χ3v) is 6.84. The van der Waals surface area contributed by atoms with Crippen molar-refractivity contribution in [1.82, 2.24) is 10.2 Å². The molecule has 2 aromatic rings. The molecule has 7 nitrogen and oxygen atoms in total. The van der Waals surface area contributed by atoms with Crippen LogP contribution in [0.2, 0.25) is 5.02 Å². The van der Waals surface area contributed by atoms with Gasteiger partial charge in [-0.05, 0) is 41.8 Å². The number of benzene rings is 2. The number of morpholine rings is 1. The minimum Gasteiger partial charge on any atom is -0.379 e. The highest BCUT2D eigenvalue weighted by Gasteiger charge is 2.31. The summed E-state index contributed by atoms with van der Waals surface area (Å²) < 4.78 is 31.5. The topological polar surface area (TPSA) is 79.0 Å². The van der Waals surface area contributed by atoms with E-state index >= 15 is 0 Å². The number of halogens is 1. The Morgan fingerprint density at radius 2 is 1.69 bits per heavy atom. The van der Waals surface area contributed by atoms with Crippen molar-refractivity contribution in [3.8, 4) is 0 Å². The molecule has 1 N–H and O–H groups in total. The summed E-state index contributed by atoms with van der Waals surface area (Å²) >= 11 is 5.93. The minimum absolute atomic E-state index is 0.325. The van der Waals surface area contributed by atoms with E-state index in [1.807, 2.05) is 12.1 Å². The number of carbonyl (C=O) groups excluding carboxylic acids is 1. The van der Waals surface area contributed by atoms with Crippen LogP contribution in [0.1, 0.15) is 24.5 Å². The lowest BCUT2D eigenvalue weighted by Gasteiger charge is -2.30. The molecular formula is C23H30ClN3O4S. The number of nitrogens with zero attached hydrogens (tertiary/aromatic N) is 2. The monoisotopic (exact) mass is 479 g/mol. The Kier molecular flexibility index (Phi) is 8.53. The number of amides is 1. The molecule has 9 heteroatoms. The summed E-state index contributed by atoms with van der Waals surface area (Å²) in [6, 6.07) is 13.7. The van der Waals surface area contributed by atoms with E-state index in [0.29, 0.717) is 23.7 Å². The highest BCUT2D eigenvalue weighted by molar-refractivity contribution is 7.92. The van der Waals surface area contributed by atoms with E-state index < -0.39 is 16.1 Å². The van der Waals surface area contributed by atoms with Crippen molar-refractivity contribution in [2.24, 2.45) is 0 Å². The van der Waals surface area contributed by atoms with E-state index in [1.165, 1.54) is 5.56 Å². The molecule has 1 fully saturated rings. The van der Waals surface area contributed by atoms with Gasteiger partial charge in [-0.3, -0.25) is 14.0 Å². The van der Waals surface area contributed by atoms with Crippen LogP contribution in [0, 0.1) is 0 Å². The van der Waals surface area contributed by atoms with Crippen molar-refractivity contribution >= 4 is 33.2 Å². The summed E-state index contributed by atoms with van der Waals surface area (Å²) in [6.07, 6.45) is 1.44. The van der Waals surface area contributed by atoms with Gasteiger partial charge in [-0.15, -0.1) is 0 Å². The number of ether oxygens (including phenoxy) is 1. The van der Waals surface area contributed by atoms with Crippen molar-refractivity contribution in [3.63, 3.8) is 0 Å². The largest absolute Gasteiger partial charge is 0.379 e. The van der Waals surface area contributed by atoms with Gasteiger partial charge in [0, 0.05) is 31.2 Å². The lowest BCUT2D eigenvalue weighted by Crippen LogP contribution is -2.49. The van der Waals surface area contributed by atoms with E-state index in [2.05, 4.69) is 22.3 Å². The predicted molar refractivity (Wildman–Crippen MR) is 127 cm³/mol. The van der Waals surface area contributed by atoms with Crippen molar-refractivity contribution < 1.29 is 17.9 Å². The second kappa shape index (κ2) is 11.1. The number of hydrogen-bond acceptors (Lipinski definition) is 5. The van der Waals surface area contributed by atoms with Crippen LogP contribution >= 0.6 is 11.6 Å². The lowest BCUT2D eigenvalue weighted by atomic mass is 10.1. The van der Waals surface area contributed by atoms with E-state index in [-0.39, 0.29) is 5.91 Å². The number of carbonyl (C=O) groups is 1. The molecule has 0 aromatic heterocycles. The molecule has 174 valence electrons. The Labute approximate surface area is 195 Å². The SMILES string of the molecule is CC[C@@H](C(=O)NCc1ccc(CN2CCOCC2)cc1)N(c1ccc(Cl)cc1)S(C)(=O)=O. The van der Waals surface area contributed by atoms with Crippen LogP contribution in [-0.4, -0.2) is 57.8 Å². The zero-order valence-corrected chi connectivity index (χ0v) is 20.0. The molecule has 1 atom stereocenters. The van der Waals surface area contributed by atoms with Gasteiger partial charge in [0.1, 0.15) is 6.04 Å². The van der Waals surface area contributed by atoms with Crippen molar-refractivity contribution in [3.05, 3.63) is 64.7 Å². The molecule has 1 aliphatic rings. The first-order chi connectivity index (χ1) is 15.3. The van der Waals surface area contributed by atoms with Crippen LogP contribution in [-0.2, 0) is 32.6 Å². The summed E-state index contributed by atoms with van der Waals surface area (Å²) in [5, 5.41) is 3.38. The van der Waals surface area contributed by atoms with E-state index in [9.17, 15) is 13.2 Å². The molecule has 0 spiro atoms. The van der Waals surface area contributed by atoms with Gasteiger partial charge in [-0.25, -0.2) is 8.42 Å². The molecule has 0 radical (unpaired) electrons. The summed E-state index contributed by atoms with van der Waals surface area (Å²) in [4.78, 5) is 15.3. The Morgan fingerprint density at radius 1 is 1.09 bits per heavy atom. The molecule has 3 rings (SSSR count). The summed E-state index contributed by atoms with van der Waals surface area (Å²) in [7, 11) is -3.67. The van der Waals surface area contributed by atoms with Gasteiger partial charge in [-0.1, -0.05) is 42.8 Å². The predicted octanol–water partition coefficient (Wildman–Crippen LogP) is 3.03. The van der Waals surface area contributed by atoms with Gasteiger partial charge in [0.25, 0.3) is 0 Å². The summed E-state index contributed by atoms with van der Waals surface area (Å²) in [5.74, 6) is -0.342. The van der Waals surface area contributed by atoms with Crippen molar-refractivity contribution in [2.75, 3.05) is 36.9 Å². The van der Waals surface area contributed by atoms with Crippen LogP contribution in [0.4, 0.5) is 5.69 Å². The molecular weight excluding hydrogens is 450 g/mol. The number of nitrogens with one attached hydrogen (secondary N) is 1. The van der Waals surface area contributed by atoms with Crippen molar-refractivity contribution in [1.29, 1.82) is 0 Å². The highest BCUT2D eigenvalue weighted by Crippen LogP contribution is 2.24. The maximum absolute atomic E-state index is 12.9. The van der Waals surface area contributed by atoms with Crippen LogP contribution in [0.15, 0.2) is 48.5 Å². The molecule has 32 heavy (non-hydrogen) atoms. The summed E-state index contributed by atoms with van der Waals surface area (Å²) in [5.41, 5.74) is 2.57. The fourth-order valence-electron chi connectivity index (χ4n) is 3.74. The zero-order chi connectivity index (χ0) is 23.1. The van der Waals surface area contributed by atoms with Gasteiger partial charge >= 0.3 is 0 Å². The van der Waals surface area contributed by atoms with E-state index in [0.717, 1.165) is 49.0 Å². The van der Waals surface area contributed by atoms with Crippen LogP contribution < -0.4 is 9.62 Å². The second-order valence-electron chi connectivity index (χ2n) is 7.88. The maximum Gasteiger partial charge on any atom is 0.244 e. The second-order valence-corrected chi connectivity index (χ2v) is 10.2. The van der Waals surface area contributed by atoms with Crippen LogP contribution in [0.3, 0.4) is 0 Å². The molecule has 1 aliphatic heterocycles. The van der Waals surface area contributed by atoms with Gasteiger partial charge in [0.15, 0.2) is 0 Å². The number of rotatable bonds is 9. The fourth-order valence-corrected chi connectivity index (χ4v) is 5.07. The normalized spacial score (nSPS) is 15.8. The average Bonchev–Trinajstić information content (AvgIpc) is 2.77. The molecule has 2 aromatic carbocycles. The molecule has 1 amide bonds. The Hall–Kier alpha value is -2.13. The zero-order valence-electron chi connectivity index (χ0n) is 18.5. The van der Waals surface area contributed by atoms with E-state index in [1.54, 1.807) is 31.2 Å². The molecule has 0 saturated carbocycles. The molecule has 0 aliphatic carbocycles. The first-order valence-electron chi connectivity index (χ1n) is 10.7. The Bertz CT molecular complexity index is 991. The average molecular weight is 480 g/mol. The lowest BCUT2D eigenvalue weighted by molar-refractivity contribution is -0.122. The number of sulfonamides is 1. The van der Waals surface area contributed by atoms with Gasteiger partial charge < -0.3 is 10.1 Å². The summed E-state index contributed by atoms with van der Waals surface area (Å²) in [6.45, 7) is 6.39. The van der Waals surface area contributed by atoms with Crippen LogP contribution in [0.25, 0.3) is 0 Å². The molecule has 1 heterocycles. The molecule has 1 saturated heterocycles. The maximum atomic E-state index is 12.9. The minimum atomic E-state index is -3.67. The van der Waals surface area contributed by atoms with Crippen LogP contribution in [0.5, 0.6) is 0 Å². The molecule has 0 bridgehead atoms. The van der Waals surface area contributed by atoms with Gasteiger partial charge in [0.2, 0.25) is 15.9 Å². The first-order valence-corrected chi connectivity index (χ1v) is 12.9. The first kappa shape index (κ1) is 24.5. The van der Waals surface area contributed by atoms with Gasteiger partial charge in [-0.2, -0.15) is 0 Å². The Balaban J connectivity index is 1.64. The smallest absolute Gasteiger partial charge is 0.244 e. The third-order valence-electron chi connectivity index (χ3n) is 5.41.